The number of sulfonamides is 1. The number of carboxylic acids is 3. The Morgan fingerprint density at radius 1 is 0.696 bits per heavy atom. The van der Waals surface area contributed by atoms with E-state index < -0.39 is 134 Å². The number of hydrogen-bond donors (Lipinski definition) is 17. The van der Waals surface area contributed by atoms with Crippen LogP contribution in [0.5, 0.6) is 5.75 Å². The van der Waals surface area contributed by atoms with Crippen molar-refractivity contribution in [3.63, 3.8) is 0 Å². The van der Waals surface area contributed by atoms with Crippen molar-refractivity contribution in [2.45, 2.75) is 63.2 Å². The number of nitrogens with one attached hydrogen (secondary N) is 8. The van der Waals surface area contributed by atoms with E-state index in [9.17, 15) is 94.2 Å². The molecule has 5 rings (SSSR count). The number of fused-ring (bicyclic) bond motifs is 1. The highest BCUT2D eigenvalue weighted by Gasteiger charge is 2.35. The molecule has 4 aromatic rings. The second-order valence-corrected chi connectivity index (χ2v) is 26.5. The summed E-state index contributed by atoms with van der Waals surface area (Å²) in [5, 5.41) is 43.9. The van der Waals surface area contributed by atoms with Crippen LogP contribution in [0.4, 0.5) is 5.95 Å². The Morgan fingerprint density at radius 2 is 1.25 bits per heavy atom. The number of benzene rings is 2. The van der Waals surface area contributed by atoms with Crippen molar-refractivity contribution in [3.05, 3.63) is 81.4 Å². The van der Waals surface area contributed by atoms with Gasteiger partial charge in [0, 0.05) is 116 Å². The number of H-pyrrole nitrogens is 1. The Bertz CT molecular complexity index is 3380. The Labute approximate surface area is 532 Å². The molecule has 2 aromatic heterocycles. The Balaban J connectivity index is 1.09. The number of aliphatic carboxylic acids is 3. The van der Waals surface area contributed by atoms with Crippen molar-refractivity contribution in [2.24, 2.45) is 7.05 Å². The fraction of sp³-hybridized carbons (Fsp3) is 0.519. The summed E-state index contributed by atoms with van der Waals surface area (Å²) < 4.78 is 96.4. The minimum absolute atomic E-state index is 0.0531. The van der Waals surface area contributed by atoms with E-state index in [4.69, 9.17) is 4.74 Å². The number of anilines is 1. The van der Waals surface area contributed by atoms with Crippen molar-refractivity contribution in [1.29, 1.82) is 0 Å². The molecule has 0 spiro atoms. The van der Waals surface area contributed by atoms with Crippen LogP contribution in [0.15, 0.2) is 58.6 Å². The van der Waals surface area contributed by atoms with E-state index in [0.29, 0.717) is 44.2 Å². The number of rotatable bonds is 33. The van der Waals surface area contributed by atoms with E-state index in [1.54, 1.807) is 56.9 Å². The highest BCUT2D eigenvalue weighted by molar-refractivity contribution is 8.19. The van der Waals surface area contributed by atoms with Crippen LogP contribution in [0.3, 0.4) is 0 Å². The first-order valence-corrected chi connectivity index (χ1v) is 33.6. The molecule has 0 aliphatic carbocycles. The fourth-order valence-electron chi connectivity index (χ4n) is 9.78. The van der Waals surface area contributed by atoms with E-state index in [1.807, 2.05) is 11.8 Å². The first-order valence-electron chi connectivity index (χ1n) is 28.8. The van der Waals surface area contributed by atoms with Crippen LogP contribution < -0.4 is 46.8 Å². The van der Waals surface area contributed by atoms with Crippen molar-refractivity contribution in [2.75, 3.05) is 122 Å². The zero-order valence-corrected chi connectivity index (χ0v) is 53.5. The lowest BCUT2D eigenvalue weighted by atomic mass is 10.1. The number of likely N-dealkylation sites (N-methyl/N-ethyl adjacent to an activating group) is 1. The van der Waals surface area contributed by atoms with Gasteiger partial charge in [-0.05, 0) is 67.8 Å². The topological polar surface area (TPSA) is 510 Å². The number of aromatic nitrogens is 3. The van der Waals surface area contributed by atoms with Gasteiger partial charge in [-0.1, -0.05) is 13.0 Å². The van der Waals surface area contributed by atoms with Crippen molar-refractivity contribution >= 4 is 96.1 Å². The van der Waals surface area contributed by atoms with Gasteiger partial charge in [0.2, 0.25) is 39.1 Å². The van der Waals surface area contributed by atoms with Crippen molar-refractivity contribution in [1.82, 2.24) is 65.4 Å². The highest BCUT2D eigenvalue weighted by Crippen LogP contribution is 2.35. The largest absolute Gasteiger partial charge is 0.494 e. The highest BCUT2D eigenvalue weighted by atomic mass is 32.3. The van der Waals surface area contributed by atoms with E-state index in [1.165, 1.54) is 32.2 Å². The Hall–Kier alpha value is -7.57. The van der Waals surface area contributed by atoms with Gasteiger partial charge in [0.1, 0.15) is 29.4 Å². The summed E-state index contributed by atoms with van der Waals surface area (Å²) in [4.78, 5) is 129. The number of carbonyl (C=O) groups excluding carboxylic acids is 5. The third-order valence-electron chi connectivity index (χ3n) is 14.3. The molecule has 3 atom stereocenters. The van der Waals surface area contributed by atoms with Gasteiger partial charge in [-0.2, -0.15) is 4.72 Å². The minimum Gasteiger partial charge on any atom is -0.494 e. The Morgan fingerprint density at radius 3 is 1.78 bits per heavy atom. The van der Waals surface area contributed by atoms with Crippen LogP contribution in [0.2, 0.25) is 0 Å². The lowest BCUT2D eigenvalue weighted by molar-refractivity contribution is -0.140. The molecule has 0 bridgehead atoms. The van der Waals surface area contributed by atoms with E-state index in [-0.39, 0.29) is 105 Å². The number of nitrogens with zero attached hydrogens (tertiary/aromatic N) is 6. The van der Waals surface area contributed by atoms with Crippen LogP contribution in [0, 0.1) is 13.8 Å². The number of hydrogen-bond acceptors (Lipinski definition) is 24. The number of pyridine rings is 1. The summed E-state index contributed by atoms with van der Waals surface area (Å²) in [7, 11) is -12.0. The maximum atomic E-state index is 13.7. The molecule has 0 radical (unpaired) electrons. The molecule has 1 fully saturated rings. The van der Waals surface area contributed by atoms with Crippen LogP contribution in [0.1, 0.15) is 46.8 Å². The molecule has 3 heterocycles. The van der Waals surface area contributed by atoms with Gasteiger partial charge in [0.05, 0.1) is 69.9 Å². The maximum absolute atomic E-state index is 13.7. The summed E-state index contributed by atoms with van der Waals surface area (Å²) in [5.41, 5.74) is 0.696. The third-order valence-corrected chi connectivity index (χ3v) is 17.6. The molecular formula is C54H82N14O21S3. The lowest BCUT2D eigenvalue weighted by Gasteiger charge is -2.33. The van der Waals surface area contributed by atoms with Gasteiger partial charge in [0.25, 0.3) is 5.91 Å². The summed E-state index contributed by atoms with van der Waals surface area (Å²) >= 11 is 0. The molecule has 1 aliphatic rings. The molecule has 1 saturated heterocycles. The first kappa shape index (κ1) is 75.2. The molecule has 92 heavy (non-hydrogen) atoms. The Kier molecular flexibility index (Phi) is 28.5. The smallest absolute Gasteiger partial charge is 0.323 e. The molecule has 2 aromatic carbocycles. The zero-order valence-electron chi connectivity index (χ0n) is 51.0. The average molecular weight is 1360 g/mol. The zero-order chi connectivity index (χ0) is 68.1. The maximum Gasteiger partial charge on any atom is 0.323 e. The number of carbonyl (C=O) groups is 8. The molecule has 0 saturated carbocycles. The van der Waals surface area contributed by atoms with Crippen molar-refractivity contribution in [3.8, 4) is 5.75 Å². The standard InChI is InChI=1S/C54H82N14O21S3/c1-5-65-14-16-66(18-19-68(31-47(73)74)21-20-67(17-15-65)30-46(71)72)29-45(70)61-42(33-91(84,85)86)52(78)62-41(32-90(81,82)83)51(77)56-11-10-55-44(69)7-6-22-89-37-23-34(2)49(35(3)24-37)92(87,88)63-40(53(79)80)27-59-50(76)39-28-64(4)43-25-36(8-9-38(43)48(39)75)26-60-54-57-12-13-58-54/h8-9,12-13,23-25,28,40-42,63,81-86H,5-7,10-11,14-22,26-27,29-33H2,1-4H3,(H,55,69)(H,56,77)(H,59,76)(H,61,70)(H,62,78)(H,71,72)(H,73,74)(H,79,80)(H2,57,58,60)/t40-,41?,42?/m0/s1. The number of amides is 5. The quantitative estimate of drug-likeness (QED) is 0.0251. The van der Waals surface area contributed by atoms with Gasteiger partial charge < -0.3 is 93.7 Å². The number of aromatic amines is 1. The second kappa shape index (κ2) is 34.9. The van der Waals surface area contributed by atoms with E-state index in [0.717, 1.165) is 5.56 Å². The van der Waals surface area contributed by atoms with Gasteiger partial charge in [-0.15, -0.1) is 0 Å². The molecule has 1 aliphatic heterocycles. The average Bonchev–Trinajstić information content (AvgIpc) is 0.822. The normalized spacial score (nSPS) is 15.8. The fourth-order valence-corrected chi connectivity index (χ4v) is 12.8. The van der Waals surface area contributed by atoms with Gasteiger partial charge in [-0.3, -0.25) is 57.9 Å². The first-order chi connectivity index (χ1) is 43.2. The molecule has 17 N–H and O–H groups in total. The van der Waals surface area contributed by atoms with Crippen LogP contribution in [0.25, 0.3) is 10.9 Å². The lowest BCUT2D eigenvalue weighted by Crippen LogP contribution is -2.58. The summed E-state index contributed by atoms with van der Waals surface area (Å²) in [6.07, 6.45) is 4.54. The van der Waals surface area contributed by atoms with Crippen LogP contribution in [-0.2, 0) is 57.2 Å². The van der Waals surface area contributed by atoms with Crippen LogP contribution >= 0.6 is 21.7 Å². The molecule has 5 amide bonds. The molecule has 512 valence electrons. The number of aryl methyl sites for hydroxylation is 3. The predicted octanol–water partition coefficient (Wildman–Crippen LogP) is -1.13. The van der Waals surface area contributed by atoms with Crippen molar-refractivity contribution < 1.29 is 94.1 Å². The van der Waals surface area contributed by atoms with Gasteiger partial charge in [-0.25, -0.2) is 13.4 Å². The summed E-state index contributed by atoms with van der Waals surface area (Å²) in [6.45, 7) is 5.27. The summed E-state index contributed by atoms with van der Waals surface area (Å²) in [6, 6.07) is 1.98. The number of ether oxygens (including phenoxy) is 1. The number of carboxylic acid groups (broad SMARTS) is 3. The van der Waals surface area contributed by atoms with Gasteiger partial charge in [0.15, 0.2) is 5.95 Å². The molecular weight excluding hydrogens is 1280 g/mol. The van der Waals surface area contributed by atoms with Gasteiger partial charge >= 0.3 is 17.9 Å². The minimum atomic E-state index is -4.57. The second-order valence-electron chi connectivity index (χ2n) is 21.7. The third kappa shape index (κ3) is 25.1. The molecule has 35 nitrogen and oxygen atoms in total. The molecule has 38 heteroatoms. The number of imidazole rings is 1. The SMILES string of the molecule is CCN1CCN(CC(=O)O)CCN(CC(=O)O)CCN(CC(=O)NC(CS(O)(O)O)C(=O)NC(CS(O)(O)O)C(=O)NCCNC(=O)CCCOc2cc(C)c(S(=O)(=O)N[C@@H](CNC(=O)c3cn(C)c4cc(CNc5ncc[nH]5)ccc4c3=O)C(=O)O)c(C)c2)CC1. The molecule has 2 unspecified atom stereocenters. The summed E-state index contributed by atoms with van der Waals surface area (Å²) in [5.74, 6) is -10.3. The van der Waals surface area contributed by atoms with Crippen LogP contribution in [-0.4, -0.2) is 267 Å². The monoisotopic (exact) mass is 1360 g/mol. The van der Waals surface area contributed by atoms with E-state index >= 15 is 0 Å². The van der Waals surface area contributed by atoms with E-state index in [2.05, 4.69) is 46.6 Å². The predicted molar refractivity (Wildman–Crippen MR) is 337 cm³/mol.